The Labute approximate surface area is 165 Å². The number of piperidine rings is 1. The molecule has 2 N–H and O–H groups in total. The summed E-state index contributed by atoms with van der Waals surface area (Å²) in [7, 11) is 0. The number of rotatable bonds is 6. The van der Waals surface area contributed by atoms with Crippen molar-refractivity contribution >= 4 is 34.8 Å². The van der Waals surface area contributed by atoms with Gasteiger partial charge in [0.25, 0.3) is 5.91 Å². The van der Waals surface area contributed by atoms with Gasteiger partial charge < -0.3 is 20.3 Å². The molecule has 2 fully saturated rings. The smallest absolute Gasteiger partial charge is 0.253 e. The van der Waals surface area contributed by atoms with Gasteiger partial charge >= 0.3 is 0 Å². The van der Waals surface area contributed by atoms with Crippen molar-refractivity contribution in [3.63, 3.8) is 0 Å². The van der Waals surface area contributed by atoms with Crippen molar-refractivity contribution in [3.05, 3.63) is 23.8 Å². The molecule has 1 aromatic rings. The van der Waals surface area contributed by atoms with Crippen LogP contribution in [0.3, 0.4) is 0 Å². The van der Waals surface area contributed by atoms with E-state index in [2.05, 4.69) is 22.5 Å². The summed E-state index contributed by atoms with van der Waals surface area (Å²) in [6.45, 7) is 5.39. The first-order valence-corrected chi connectivity index (χ1v) is 10.2. The van der Waals surface area contributed by atoms with E-state index in [4.69, 9.17) is 16.3 Å². The van der Waals surface area contributed by atoms with Crippen LogP contribution in [-0.4, -0.2) is 50.0 Å². The van der Waals surface area contributed by atoms with E-state index in [1.54, 1.807) is 6.07 Å². The predicted octanol–water partition coefficient (Wildman–Crippen LogP) is 3.01. The molecule has 0 saturated carbocycles. The molecule has 2 saturated heterocycles. The largest absolute Gasteiger partial charge is 0.376 e. The molecule has 0 bridgehead atoms. The Morgan fingerprint density at radius 2 is 2.04 bits per heavy atom. The molecular weight excluding hydrogens is 366 g/mol. The van der Waals surface area contributed by atoms with E-state index < -0.39 is 0 Å². The van der Waals surface area contributed by atoms with Gasteiger partial charge in [-0.2, -0.15) is 0 Å². The average molecular weight is 394 g/mol. The summed E-state index contributed by atoms with van der Waals surface area (Å²) in [5.41, 5.74) is 2.07. The quantitative estimate of drug-likeness (QED) is 0.729. The number of nitrogens with zero attached hydrogens (tertiary/aromatic N) is 1. The van der Waals surface area contributed by atoms with E-state index in [1.165, 1.54) is 0 Å². The normalized spacial score (nSPS) is 20.5. The molecule has 2 amide bonds. The van der Waals surface area contributed by atoms with Gasteiger partial charge in [-0.15, -0.1) is 11.6 Å². The molecule has 0 radical (unpaired) electrons. The highest BCUT2D eigenvalue weighted by Gasteiger charge is 2.23. The van der Waals surface area contributed by atoms with E-state index in [0.717, 1.165) is 51.1 Å². The summed E-state index contributed by atoms with van der Waals surface area (Å²) in [4.78, 5) is 26.8. The minimum atomic E-state index is -0.290. The maximum atomic E-state index is 12.9. The number of benzene rings is 1. The lowest BCUT2D eigenvalue weighted by Crippen LogP contribution is -2.36. The van der Waals surface area contributed by atoms with Gasteiger partial charge in [0.1, 0.15) is 5.88 Å². The third kappa shape index (κ3) is 5.36. The third-order valence-corrected chi connectivity index (χ3v) is 5.53. The van der Waals surface area contributed by atoms with Crippen LogP contribution in [0.2, 0.25) is 0 Å². The van der Waals surface area contributed by atoms with Crippen LogP contribution in [0.1, 0.15) is 43.0 Å². The highest BCUT2D eigenvalue weighted by atomic mass is 35.5. The number of nitrogens with one attached hydrogen (secondary N) is 2. The Kier molecular flexibility index (Phi) is 6.96. The number of ether oxygens (including phenoxy) is 1. The summed E-state index contributed by atoms with van der Waals surface area (Å²) in [5, 5.41) is 5.72. The predicted molar refractivity (Wildman–Crippen MR) is 108 cm³/mol. The highest BCUT2D eigenvalue weighted by Crippen LogP contribution is 2.29. The van der Waals surface area contributed by atoms with Gasteiger partial charge in [0, 0.05) is 37.6 Å². The SMILES string of the molecule is CC1CCN(c2ccc(NC(=O)CCl)cc2C(=O)NCC2CCCO2)CC1. The van der Waals surface area contributed by atoms with Crippen LogP contribution in [0, 0.1) is 5.92 Å². The van der Waals surface area contributed by atoms with Gasteiger partial charge in [-0.25, -0.2) is 0 Å². The zero-order chi connectivity index (χ0) is 19.2. The maximum Gasteiger partial charge on any atom is 0.253 e. The fourth-order valence-corrected chi connectivity index (χ4v) is 3.69. The first-order chi connectivity index (χ1) is 13.1. The van der Waals surface area contributed by atoms with Crippen LogP contribution in [-0.2, 0) is 9.53 Å². The van der Waals surface area contributed by atoms with Crippen molar-refractivity contribution in [1.29, 1.82) is 0 Å². The van der Waals surface area contributed by atoms with Gasteiger partial charge in [0.15, 0.2) is 0 Å². The van der Waals surface area contributed by atoms with Gasteiger partial charge in [-0.05, 0) is 49.8 Å². The van der Waals surface area contributed by atoms with Crippen LogP contribution in [0.15, 0.2) is 18.2 Å². The summed E-state index contributed by atoms with van der Waals surface area (Å²) >= 11 is 5.58. The molecule has 0 spiro atoms. The van der Waals surface area contributed by atoms with Crippen molar-refractivity contribution < 1.29 is 14.3 Å². The first kappa shape index (κ1) is 20.0. The molecule has 3 rings (SSSR count). The summed E-state index contributed by atoms with van der Waals surface area (Å²) in [6, 6.07) is 5.48. The third-order valence-electron chi connectivity index (χ3n) is 5.28. The number of alkyl halides is 1. The van der Waals surface area contributed by atoms with E-state index in [-0.39, 0.29) is 23.8 Å². The Morgan fingerprint density at radius 3 is 2.70 bits per heavy atom. The van der Waals surface area contributed by atoms with Crippen molar-refractivity contribution in [2.24, 2.45) is 5.92 Å². The minimum Gasteiger partial charge on any atom is -0.376 e. The van der Waals surface area contributed by atoms with Crippen molar-refractivity contribution in [2.45, 2.75) is 38.7 Å². The van der Waals surface area contributed by atoms with Gasteiger partial charge in [0.05, 0.1) is 11.7 Å². The summed E-state index contributed by atoms with van der Waals surface area (Å²) in [6.07, 6.45) is 4.33. The maximum absolute atomic E-state index is 12.9. The fraction of sp³-hybridized carbons (Fsp3) is 0.600. The molecule has 27 heavy (non-hydrogen) atoms. The molecule has 1 atom stereocenters. The molecule has 2 heterocycles. The molecule has 2 aliphatic rings. The monoisotopic (exact) mass is 393 g/mol. The highest BCUT2D eigenvalue weighted by molar-refractivity contribution is 6.29. The molecule has 7 heteroatoms. The molecule has 1 unspecified atom stereocenters. The molecule has 1 aromatic carbocycles. The standard InChI is InChI=1S/C20H28ClN3O3/c1-14-6-8-24(9-7-14)18-5-4-15(23-19(25)12-21)11-17(18)20(26)22-13-16-3-2-10-27-16/h4-5,11,14,16H,2-3,6-10,12-13H2,1H3,(H,22,26)(H,23,25). The summed E-state index contributed by atoms with van der Waals surface area (Å²) < 4.78 is 5.59. The number of halogens is 1. The van der Waals surface area contributed by atoms with Crippen LogP contribution >= 0.6 is 11.6 Å². The molecule has 148 valence electrons. The van der Waals surface area contributed by atoms with Gasteiger partial charge in [-0.1, -0.05) is 6.92 Å². The van der Waals surface area contributed by atoms with Crippen LogP contribution in [0.25, 0.3) is 0 Å². The minimum absolute atomic E-state index is 0.0902. The van der Waals surface area contributed by atoms with Crippen LogP contribution in [0.4, 0.5) is 11.4 Å². The second kappa shape index (κ2) is 9.42. The number of hydrogen-bond donors (Lipinski definition) is 2. The Balaban J connectivity index is 1.78. The second-order valence-corrected chi connectivity index (χ2v) is 7.70. The zero-order valence-electron chi connectivity index (χ0n) is 15.8. The molecule has 2 aliphatic heterocycles. The van der Waals surface area contributed by atoms with Crippen molar-refractivity contribution in [1.82, 2.24) is 5.32 Å². The molecule has 0 aliphatic carbocycles. The lowest BCUT2D eigenvalue weighted by Gasteiger charge is -2.33. The zero-order valence-corrected chi connectivity index (χ0v) is 16.6. The fourth-order valence-electron chi connectivity index (χ4n) is 3.62. The van der Waals surface area contributed by atoms with Crippen LogP contribution in [0.5, 0.6) is 0 Å². The number of carbonyl (C=O) groups is 2. The number of hydrogen-bond acceptors (Lipinski definition) is 4. The van der Waals surface area contributed by atoms with Gasteiger partial charge in [0.2, 0.25) is 5.91 Å². The van der Waals surface area contributed by atoms with E-state index >= 15 is 0 Å². The van der Waals surface area contributed by atoms with Crippen LogP contribution < -0.4 is 15.5 Å². The lowest BCUT2D eigenvalue weighted by molar-refractivity contribution is -0.113. The number of carbonyl (C=O) groups excluding carboxylic acids is 2. The molecule has 0 aromatic heterocycles. The van der Waals surface area contributed by atoms with Crippen molar-refractivity contribution in [2.75, 3.05) is 42.3 Å². The number of anilines is 2. The molecule has 6 nitrogen and oxygen atoms in total. The van der Waals surface area contributed by atoms with E-state index in [0.29, 0.717) is 23.7 Å². The lowest BCUT2D eigenvalue weighted by atomic mass is 9.97. The molecular formula is C20H28ClN3O3. The van der Waals surface area contributed by atoms with E-state index in [9.17, 15) is 9.59 Å². The van der Waals surface area contributed by atoms with E-state index in [1.807, 2.05) is 12.1 Å². The average Bonchev–Trinajstić information content (AvgIpc) is 3.20. The Morgan fingerprint density at radius 1 is 1.26 bits per heavy atom. The van der Waals surface area contributed by atoms with Crippen molar-refractivity contribution in [3.8, 4) is 0 Å². The first-order valence-electron chi connectivity index (χ1n) is 9.71. The Hall–Kier alpha value is -1.79. The summed E-state index contributed by atoms with van der Waals surface area (Å²) in [5.74, 6) is 0.162. The second-order valence-electron chi connectivity index (χ2n) is 7.43. The Bertz CT molecular complexity index is 668. The topological polar surface area (TPSA) is 70.7 Å². The number of amides is 2. The van der Waals surface area contributed by atoms with Gasteiger partial charge in [-0.3, -0.25) is 9.59 Å².